The van der Waals surface area contributed by atoms with Crippen LogP contribution in [0, 0.1) is 0 Å². The minimum absolute atomic E-state index is 0.0562. The van der Waals surface area contributed by atoms with Crippen LogP contribution in [0.1, 0.15) is 64.0 Å². The Morgan fingerprint density at radius 1 is 0.837 bits per heavy atom. The predicted molar refractivity (Wildman–Crippen MR) is 171 cm³/mol. The Morgan fingerprint density at radius 3 is 2.02 bits per heavy atom. The van der Waals surface area contributed by atoms with Crippen LogP contribution in [0.3, 0.4) is 0 Å². The summed E-state index contributed by atoms with van der Waals surface area (Å²) >= 11 is 0. The van der Waals surface area contributed by atoms with E-state index >= 15 is 0 Å². The Hall–Kier alpha value is -4.53. The van der Waals surface area contributed by atoms with E-state index in [0.29, 0.717) is 12.8 Å². The van der Waals surface area contributed by atoms with E-state index < -0.39 is 85.4 Å². The van der Waals surface area contributed by atoms with Gasteiger partial charge in [0, 0.05) is 40.0 Å². The molecule has 2 heterocycles. The molecule has 14 heteroatoms. The molecule has 2 aromatic rings. The van der Waals surface area contributed by atoms with Crippen LogP contribution in [-0.4, -0.2) is 97.1 Å². The number of benzene rings is 2. The van der Waals surface area contributed by atoms with Gasteiger partial charge in [-0.05, 0) is 35.1 Å². The third kappa shape index (κ3) is 8.03. The number of nitrogens with one attached hydrogen (secondary N) is 2. The van der Waals surface area contributed by atoms with E-state index in [9.17, 15) is 29.1 Å². The fourth-order valence-electron chi connectivity index (χ4n) is 7.02. The maximum absolute atomic E-state index is 13.2. The van der Waals surface area contributed by atoms with Gasteiger partial charge in [0.05, 0.1) is 18.8 Å². The molecule has 0 bridgehead atoms. The molecule has 0 aromatic heterocycles. The maximum Gasteiger partial charge on any atom is 0.407 e. The summed E-state index contributed by atoms with van der Waals surface area (Å²) in [7, 11) is 0. The lowest BCUT2D eigenvalue weighted by Crippen LogP contribution is -2.74. The number of amides is 2. The van der Waals surface area contributed by atoms with Gasteiger partial charge in [-0.15, -0.1) is 0 Å². The first kappa shape index (κ1) is 35.8. The van der Waals surface area contributed by atoms with E-state index in [2.05, 4.69) is 10.6 Å². The molecule has 14 nitrogen and oxygen atoms in total. The third-order valence-corrected chi connectivity index (χ3v) is 8.91. The molecular formula is C35H42N2O12. The summed E-state index contributed by atoms with van der Waals surface area (Å²) in [5, 5.41) is 15.9. The summed E-state index contributed by atoms with van der Waals surface area (Å²) in [5.41, 5.74) is 4.25. The van der Waals surface area contributed by atoms with Crippen LogP contribution in [0.4, 0.5) is 4.79 Å². The predicted octanol–water partition coefficient (Wildman–Crippen LogP) is 2.48. The molecule has 3 aliphatic rings. The summed E-state index contributed by atoms with van der Waals surface area (Å²) in [6.07, 6.45) is -4.47. The van der Waals surface area contributed by atoms with Crippen molar-refractivity contribution in [3.8, 4) is 11.1 Å². The van der Waals surface area contributed by atoms with Crippen molar-refractivity contribution in [2.75, 3.05) is 19.8 Å². The number of aliphatic hydroxyl groups is 1. The number of esters is 3. The van der Waals surface area contributed by atoms with Gasteiger partial charge in [-0.3, -0.25) is 19.2 Å². The van der Waals surface area contributed by atoms with Gasteiger partial charge in [-0.1, -0.05) is 48.5 Å². The van der Waals surface area contributed by atoms with Crippen molar-refractivity contribution in [3.63, 3.8) is 0 Å². The number of rotatable bonds is 10. The lowest BCUT2D eigenvalue weighted by atomic mass is 9.84. The smallest absolute Gasteiger partial charge is 0.407 e. The van der Waals surface area contributed by atoms with Crippen LogP contribution in [0.15, 0.2) is 48.5 Å². The number of fused-ring (bicyclic) bond motifs is 3. The fourth-order valence-corrected chi connectivity index (χ4v) is 7.02. The molecule has 2 aromatic carbocycles. The second kappa shape index (κ2) is 15.3. The molecule has 0 unspecified atom stereocenters. The Labute approximate surface area is 283 Å². The molecule has 2 aliphatic heterocycles. The number of hydrogen-bond donors (Lipinski definition) is 3. The zero-order valence-electron chi connectivity index (χ0n) is 27.8. The SMILES string of the molecule is CC(=O)N[C@@H]1[C@@H](OC(C)=O)[C@@H](OC(C)=O)[C@@H](COC(C)=O)O[C@@]12CCC[C@H]([C@@H](CO)NC(=O)OCC1c3ccccc3-c3ccccc31)O2. The molecule has 49 heavy (non-hydrogen) atoms. The number of ether oxygens (including phenoxy) is 6. The fraction of sp³-hybridized carbons (Fsp3) is 0.514. The zero-order chi connectivity index (χ0) is 35.3. The van der Waals surface area contributed by atoms with E-state index in [1.165, 1.54) is 13.8 Å². The Balaban J connectivity index is 1.36. The number of carbonyl (C=O) groups excluding carboxylic acids is 5. The van der Waals surface area contributed by atoms with Crippen molar-refractivity contribution in [2.24, 2.45) is 0 Å². The van der Waals surface area contributed by atoms with E-state index in [-0.39, 0.29) is 18.9 Å². The molecule has 2 fully saturated rings. The van der Waals surface area contributed by atoms with E-state index in [4.69, 9.17) is 28.4 Å². The summed E-state index contributed by atoms with van der Waals surface area (Å²) in [6, 6.07) is 13.7. The van der Waals surface area contributed by atoms with Crippen LogP contribution >= 0.6 is 0 Å². The third-order valence-electron chi connectivity index (χ3n) is 8.91. The van der Waals surface area contributed by atoms with Crippen molar-refractivity contribution in [1.82, 2.24) is 10.6 Å². The van der Waals surface area contributed by atoms with Gasteiger partial charge in [0.25, 0.3) is 0 Å². The molecule has 0 radical (unpaired) electrons. The van der Waals surface area contributed by atoms with Gasteiger partial charge in [0.15, 0.2) is 18.0 Å². The second-order valence-electron chi connectivity index (χ2n) is 12.4. The average Bonchev–Trinajstić information content (AvgIpc) is 3.38. The number of carbonyl (C=O) groups is 5. The first-order valence-electron chi connectivity index (χ1n) is 16.2. The van der Waals surface area contributed by atoms with Crippen molar-refractivity contribution >= 4 is 29.9 Å². The summed E-state index contributed by atoms with van der Waals surface area (Å²) in [6.45, 7) is 3.88. The number of alkyl carbamates (subject to hydrolysis) is 1. The number of aliphatic hydroxyl groups excluding tert-OH is 1. The van der Waals surface area contributed by atoms with E-state index in [1.807, 2.05) is 48.5 Å². The molecule has 2 saturated heterocycles. The summed E-state index contributed by atoms with van der Waals surface area (Å²) in [4.78, 5) is 61.9. The average molecular weight is 683 g/mol. The molecule has 1 aliphatic carbocycles. The quantitative estimate of drug-likeness (QED) is 0.246. The highest BCUT2D eigenvalue weighted by Gasteiger charge is 2.61. The van der Waals surface area contributed by atoms with Gasteiger partial charge in [-0.2, -0.15) is 0 Å². The van der Waals surface area contributed by atoms with Crippen molar-refractivity contribution in [1.29, 1.82) is 0 Å². The van der Waals surface area contributed by atoms with Crippen LogP contribution in [-0.2, 0) is 47.6 Å². The molecule has 3 N–H and O–H groups in total. The van der Waals surface area contributed by atoms with Gasteiger partial charge in [0.2, 0.25) is 5.91 Å². The van der Waals surface area contributed by atoms with Crippen LogP contribution in [0.5, 0.6) is 0 Å². The van der Waals surface area contributed by atoms with Crippen molar-refractivity contribution in [2.45, 2.75) is 95.2 Å². The van der Waals surface area contributed by atoms with Crippen molar-refractivity contribution in [3.05, 3.63) is 59.7 Å². The molecular weight excluding hydrogens is 640 g/mol. The minimum Gasteiger partial charge on any atom is -0.463 e. The van der Waals surface area contributed by atoms with Crippen LogP contribution in [0.2, 0.25) is 0 Å². The highest BCUT2D eigenvalue weighted by atomic mass is 16.7. The first-order chi connectivity index (χ1) is 23.4. The monoisotopic (exact) mass is 682 g/mol. The van der Waals surface area contributed by atoms with Gasteiger partial charge in [0.1, 0.15) is 25.4 Å². The van der Waals surface area contributed by atoms with E-state index in [1.54, 1.807) is 0 Å². The standard InChI is InChI=1S/C35H42N2O12/c1-19(39)36-33-32(47-22(4)42)31(46-21(3)41)30(18-44-20(2)40)49-35(33)15-9-14-29(48-35)28(16-38)37-34(43)45-17-27-25-12-7-5-10-23(25)24-11-6-8-13-26(24)27/h5-8,10-13,27-33,38H,9,14-18H2,1-4H3,(H,36,39)(H,37,43)/t28-,29-,30-,31+,32+,33-,35+/m1/s1. The van der Waals surface area contributed by atoms with Crippen molar-refractivity contribution < 1.29 is 57.5 Å². The minimum atomic E-state index is -1.72. The summed E-state index contributed by atoms with van der Waals surface area (Å²) < 4.78 is 35.0. The van der Waals surface area contributed by atoms with E-state index in [0.717, 1.165) is 36.1 Å². The van der Waals surface area contributed by atoms with Gasteiger partial charge in [-0.25, -0.2) is 4.79 Å². The van der Waals surface area contributed by atoms with Gasteiger partial charge < -0.3 is 44.2 Å². The molecule has 7 atom stereocenters. The largest absolute Gasteiger partial charge is 0.463 e. The Bertz CT molecular complexity index is 1520. The highest BCUT2D eigenvalue weighted by molar-refractivity contribution is 5.79. The molecule has 0 saturated carbocycles. The van der Waals surface area contributed by atoms with Crippen LogP contribution in [0.25, 0.3) is 11.1 Å². The highest BCUT2D eigenvalue weighted by Crippen LogP contribution is 2.45. The maximum atomic E-state index is 13.2. The lowest BCUT2D eigenvalue weighted by molar-refractivity contribution is -0.363. The molecule has 1 spiro atoms. The number of hydrogen-bond acceptors (Lipinski definition) is 12. The Morgan fingerprint density at radius 2 is 1.45 bits per heavy atom. The molecule has 5 rings (SSSR count). The summed E-state index contributed by atoms with van der Waals surface area (Å²) in [5.74, 6) is -4.52. The first-order valence-corrected chi connectivity index (χ1v) is 16.2. The lowest BCUT2D eigenvalue weighted by Gasteiger charge is -2.54. The topological polar surface area (TPSA) is 185 Å². The zero-order valence-corrected chi connectivity index (χ0v) is 27.8. The van der Waals surface area contributed by atoms with Crippen LogP contribution < -0.4 is 10.6 Å². The molecule has 2 amide bonds. The van der Waals surface area contributed by atoms with Gasteiger partial charge >= 0.3 is 24.0 Å². The second-order valence-corrected chi connectivity index (χ2v) is 12.4. The molecule has 264 valence electrons. The normalized spacial score (nSPS) is 26.4. The Kier molecular flexibility index (Phi) is 11.2.